The van der Waals surface area contributed by atoms with Crippen molar-refractivity contribution >= 4 is 0 Å². The Labute approximate surface area is 121 Å². The van der Waals surface area contributed by atoms with Gasteiger partial charge in [-0.25, -0.2) is 0 Å². The predicted octanol–water partition coefficient (Wildman–Crippen LogP) is 3.98. The molecule has 1 unspecified atom stereocenters. The topological polar surface area (TPSA) is 29.5 Å². The van der Waals surface area contributed by atoms with Crippen molar-refractivity contribution in [2.24, 2.45) is 0 Å². The first-order valence-electron chi connectivity index (χ1n) is 7.00. The molecule has 0 aromatic heterocycles. The Morgan fingerprint density at radius 2 is 1.65 bits per heavy atom. The van der Waals surface area contributed by atoms with Gasteiger partial charge in [-0.15, -0.1) is 0 Å². The summed E-state index contributed by atoms with van der Waals surface area (Å²) in [7, 11) is 0. The maximum atomic E-state index is 9.26. The molecule has 0 aliphatic heterocycles. The van der Waals surface area contributed by atoms with E-state index in [1.165, 1.54) is 5.56 Å². The Bertz CT molecular complexity index is 538. The van der Waals surface area contributed by atoms with Gasteiger partial charge in [0, 0.05) is 12.5 Å². The van der Waals surface area contributed by atoms with Crippen LogP contribution in [0, 0.1) is 13.8 Å². The molecule has 106 valence electrons. The van der Waals surface area contributed by atoms with Crippen molar-refractivity contribution < 1.29 is 9.84 Å². The lowest BCUT2D eigenvalue weighted by Crippen LogP contribution is -2.03. The van der Waals surface area contributed by atoms with Gasteiger partial charge in [-0.3, -0.25) is 0 Å². The molecule has 2 aromatic rings. The fourth-order valence-electron chi connectivity index (χ4n) is 2.33. The van der Waals surface area contributed by atoms with E-state index in [1.807, 2.05) is 25.1 Å². The van der Waals surface area contributed by atoms with Gasteiger partial charge < -0.3 is 9.84 Å². The summed E-state index contributed by atoms with van der Waals surface area (Å²) in [6.45, 7) is 6.89. The van der Waals surface area contributed by atoms with Gasteiger partial charge in [0.1, 0.15) is 12.4 Å². The first kappa shape index (κ1) is 14.6. The molecule has 0 heterocycles. The third-order valence-electron chi connectivity index (χ3n) is 3.55. The molecule has 0 spiro atoms. The van der Waals surface area contributed by atoms with E-state index in [0.717, 1.165) is 22.4 Å². The summed E-state index contributed by atoms with van der Waals surface area (Å²) in [5.41, 5.74) is 4.57. The summed E-state index contributed by atoms with van der Waals surface area (Å²) < 4.78 is 5.96. The normalized spacial score (nSPS) is 12.2. The van der Waals surface area contributed by atoms with Crippen LogP contribution in [0.15, 0.2) is 42.5 Å². The maximum Gasteiger partial charge on any atom is 0.125 e. The maximum absolute atomic E-state index is 9.26. The molecule has 0 amide bonds. The van der Waals surface area contributed by atoms with Crippen molar-refractivity contribution in [1.29, 1.82) is 0 Å². The molecule has 0 fully saturated rings. The summed E-state index contributed by atoms with van der Waals surface area (Å²) in [6, 6.07) is 14.4. The summed E-state index contributed by atoms with van der Waals surface area (Å²) in [5.74, 6) is 1.11. The van der Waals surface area contributed by atoms with Gasteiger partial charge in [-0.1, -0.05) is 49.4 Å². The van der Waals surface area contributed by atoms with Gasteiger partial charge in [-0.05, 0) is 36.1 Å². The molecule has 0 bridgehead atoms. The van der Waals surface area contributed by atoms with Crippen LogP contribution in [0.2, 0.25) is 0 Å². The van der Waals surface area contributed by atoms with Gasteiger partial charge in [0.05, 0.1) is 0 Å². The Morgan fingerprint density at radius 1 is 1.05 bits per heavy atom. The summed E-state index contributed by atoms with van der Waals surface area (Å²) in [5, 5.41) is 9.26. The fraction of sp³-hybridized carbons (Fsp3) is 0.333. The number of aliphatic hydroxyl groups excluding tert-OH is 1. The smallest absolute Gasteiger partial charge is 0.125 e. The monoisotopic (exact) mass is 270 g/mol. The minimum Gasteiger partial charge on any atom is -0.488 e. The van der Waals surface area contributed by atoms with E-state index in [2.05, 4.69) is 38.1 Å². The van der Waals surface area contributed by atoms with Crippen LogP contribution in [0.4, 0.5) is 0 Å². The van der Waals surface area contributed by atoms with Gasteiger partial charge >= 0.3 is 0 Å². The van der Waals surface area contributed by atoms with Crippen molar-refractivity contribution in [1.82, 2.24) is 0 Å². The third kappa shape index (κ3) is 3.40. The van der Waals surface area contributed by atoms with Crippen LogP contribution < -0.4 is 4.74 Å². The van der Waals surface area contributed by atoms with Gasteiger partial charge in [0.2, 0.25) is 0 Å². The minimum atomic E-state index is 0.163. The molecule has 0 radical (unpaired) electrons. The first-order chi connectivity index (χ1) is 9.61. The SMILES string of the molecule is Cc1cc(C(C)CO)cc(C)c1OCc1ccccc1. The van der Waals surface area contributed by atoms with E-state index >= 15 is 0 Å². The predicted molar refractivity (Wildman–Crippen MR) is 82.2 cm³/mol. The number of aliphatic hydroxyl groups is 1. The standard InChI is InChI=1S/C18H22O2/c1-13-9-17(15(3)11-19)10-14(2)18(13)20-12-16-7-5-4-6-8-16/h4-10,15,19H,11-12H2,1-3H3. The molecule has 1 atom stereocenters. The Balaban J connectivity index is 2.16. The summed E-state index contributed by atoms with van der Waals surface area (Å²) in [6.07, 6.45) is 0. The van der Waals surface area contributed by atoms with Crippen molar-refractivity contribution in [3.63, 3.8) is 0 Å². The first-order valence-corrected chi connectivity index (χ1v) is 7.00. The largest absolute Gasteiger partial charge is 0.488 e. The Morgan fingerprint density at radius 3 is 2.20 bits per heavy atom. The van der Waals surface area contributed by atoms with Crippen molar-refractivity contribution in [3.8, 4) is 5.75 Å². The van der Waals surface area contributed by atoms with Crippen LogP contribution in [-0.4, -0.2) is 11.7 Å². The van der Waals surface area contributed by atoms with E-state index in [4.69, 9.17) is 4.74 Å². The molecule has 2 heteroatoms. The zero-order valence-corrected chi connectivity index (χ0v) is 12.4. The molecular formula is C18H22O2. The lowest BCUT2D eigenvalue weighted by molar-refractivity contribution is 0.272. The molecule has 2 nitrogen and oxygen atoms in total. The van der Waals surface area contributed by atoms with Gasteiger partial charge in [0.25, 0.3) is 0 Å². The van der Waals surface area contributed by atoms with Crippen LogP contribution in [0.3, 0.4) is 0 Å². The lowest BCUT2D eigenvalue weighted by Gasteiger charge is -2.16. The van der Waals surface area contributed by atoms with Crippen LogP contribution in [0.5, 0.6) is 5.75 Å². The average molecular weight is 270 g/mol. The van der Waals surface area contributed by atoms with Crippen molar-refractivity contribution in [2.45, 2.75) is 33.3 Å². The van der Waals surface area contributed by atoms with E-state index in [1.54, 1.807) is 0 Å². The Kier molecular flexibility index (Phi) is 4.80. The summed E-state index contributed by atoms with van der Waals surface area (Å²) >= 11 is 0. The van der Waals surface area contributed by atoms with Gasteiger partial charge in [-0.2, -0.15) is 0 Å². The summed E-state index contributed by atoms with van der Waals surface area (Å²) in [4.78, 5) is 0. The average Bonchev–Trinajstić information content (AvgIpc) is 2.46. The number of hydrogen-bond donors (Lipinski definition) is 1. The number of ether oxygens (including phenoxy) is 1. The number of hydrogen-bond acceptors (Lipinski definition) is 2. The van der Waals surface area contributed by atoms with Gasteiger partial charge in [0.15, 0.2) is 0 Å². The molecule has 0 saturated heterocycles. The minimum absolute atomic E-state index is 0.163. The highest BCUT2D eigenvalue weighted by atomic mass is 16.5. The second-order valence-corrected chi connectivity index (χ2v) is 5.34. The third-order valence-corrected chi connectivity index (χ3v) is 3.55. The van der Waals surface area contributed by atoms with Crippen molar-refractivity contribution in [2.75, 3.05) is 6.61 Å². The van der Waals surface area contributed by atoms with Crippen LogP contribution in [0.1, 0.15) is 35.1 Å². The number of benzene rings is 2. The zero-order valence-electron chi connectivity index (χ0n) is 12.4. The molecule has 0 saturated carbocycles. The molecule has 1 N–H and O–H groups in total. The number of aryl methyl sites for hydroxylation is 2. The quantitative estimate of drug-likeness (QED) is 0.890. The molecule has 2 rings (SSSR count). The highest BCUT2D eigenvalue weighted by Gasteiger charge is 2.10. The van der Waals surface area contributed by atoms with E-state index in [-0.39, 0.29) is 12.5 Å². The van der Waals surface area contributed by atoms with E-state index < -0.39 is 0 Å². The Hall–Kier alpha value is -1.80. The lowest BCUT2D eigenvalue weighted by atomic mass is 9.97. The molecule has 20 heavy (non-hydrogen) atoms. The van der Waals surface area contributed by atoms with E-state index in [9.17, 15) is 5.11 Å². The fourth-order valence-corrected chi connectivity index (χ4v) is 2.33. The zero-order chi connectivity index (χ0) is 14.5. The molecule has 0 aliphatic carbocycles. The molecule has 0 aliphatic rings. The van der Waals surface area contributed by atoms with Crippen molar-refractivity contribution in [3.05, 3.63) is 64.7 Å². The molecule has 2 aromatic carbocycles. The van der Waals surface area contributed by atoms with E-state index in [0.29, 0.717) is 6.61 Å². The highest BCUT2D eigenvalue weighted by Crippen LogP contribution is 2.28. The van der Waals surface area contributed by atoms with Crippen LogP contribution >= 0.6 is 0 Å². The number of rotatable bonds is 5. The highest BCUT2D eigenvalue weighted by molar-refractivity contribution is 5.44. The second kappa shape index (κ2) is 6.58. The van der Waals surface area contributed by atoms with Crippen LogP contribution in [0.25, 0.3) is 0 Å². The molecular weight excluding hydrogens is 248 g/mol. The second-order valence-electron chi connectivity index (χ2n) is 5.34. The van der Waals surface area contributed by atoms with Crippen LogP contribution in [-0.2, 0) is 6.61 Å².